The second-order valence-corrected chi connectivity index (χ2v) is 8.44. The first-order chi connectivity index (χ1) is 12.6. The number of amides is 1. The molecule has 0 radical (unpaired) electrons. The minimum Gasteiger partial charge on any atom is -0.395 e. The summed E-state index contributed by atoms with van der Waals surface area (Å²) in [6.07, 6.45) is 2.53. The molecule has 0 saturated carbocycles. The molecule has 2 aromatic rings. The second-order valence-electron chi connectivity index (χ2n) is 7.38. The number of aliphatic hydroxyl groups excluding tert-OH is 1. The molecule has 1 spiro atoms. The van der Waals surface area contributed by atoms with Crippen LogP contribution >= 0.6 is 11.3 Å². The van der Waals surface area contributed by atoms with Gasteiger partial charge in [-0.05, 0) is 44.5 Å². The molecular weight excluding hydrogens is 346 g/mol. The molecule has 1 fully saturated rings. The van der Waals surface area contributed by atoms with Gasteiger partial charge in [-0.3, -0.25) is 9.69 Å². The summed E-state index contributed by atoms with van der Waals surface area (Å²) in [5, 5.41) is 12.6. The zero-order valence-corrected chi connectivity index (χ0v) is 16.0. The molecule has 0 bridgehead atoms. The van der Waals surface area contributed by atoms with Gasteiger partial charge in [-0.1, -0.05) is 18.2 Å². The summed E-state index contributed by atoms with van der Waals surface area (Å²) in [7, 11) is 0. The topological polar surface area (TPSA) is 56.7 Å². The molecule has 1 N–H and O–H groups in total. The summed E-state index contributed by atoms with van der Waals surface area (Å²) in [5.74, 6) is 0.140. The lowest BCUT2D eigenvalue weighted by Gasteiger charge is -2.47. The Hall–Kier alpha value is -1.76. The summed E-state index contributed by atoms with van der Waals surface area (Å²) in [5.41, 5.74) is 3.35. The average Bonchev–Trinajstić information content (AvgIpc) is 3.05. The summed E-state index contributed by atoms with van der Waals surface area (Å²) >= 11 is 1.70. The van der Waals surface area contributed by atoms with Crippen LogP contribution in [0.25, 0.3) is 0 Å². The fraction of sp³-hybridized carbons (Fsp3) is 0.500. The standard InChI is InChI=1S/C20H25N3O2S/c1-15-21-16(14-26-15)13-22-8-6-20(7-9-22)12-19(25)23(10-11-24)18-5-3-2-4-17(18)20/h2-5,14,24H,6-13H2,1H3. The van der Waals surface area contributed by atoms with Gasteiger partial charge in [-0.2, -0.15) is 0 Å². The van der Waals surface area contributed by atoms with Crippen molar-refractivity contribution < 1.29 is 9.90 Å². The van der Waals surface area contributed by atoms with Crippen LogP contribution in [0.2, 0.25) is 0 Å². The van der Waals surface area contributed by atoms with E-state index in [1.165, 1.54) is 5.56 Å². The molecular formula is C20H25N3O2S. The van der Waals surface area contributed by atoms with E-state index < -0.39 is 0 Å². The van der Waals surface area contributed by atoms with E-state index in [1.54, 1.807) is 16.2 Å². The number of hydrogen-bond acceptors (Lipinski definition) is 5. The lowest BCUT2D eigenvalue weighted by molar-refractivity contribution is -0.121. The van der Waals surface area contributed by atoms with Crippen molar-refractivity contribution in [2.24, 2.45) is 0 Å². The van der Waals surface area contributed by atoms with Gasteiger partial charge >= 0.3 is 0 Å². The van der Waals surface area contributed by atoms with Gasteiger partial charge in [0.2, 0.25) is 5.91 Å². The van der Waals surface area contributed by atoms with Crippen LogP contribution in [0.5, 0.6) is 0 Å². The van der Waals surface area contributed by atoms with E-state index in [1.807, 2.05) is 19.1 Å². The molecule has 3 heterocycles. The summed E-state index contributed by atoms with van der Waals surface area (Å²) < 4.78 is 0. The molecule has 1 amide bonds. The third-order valence-corrected chi connectivity index (χ3v) is 6.57. The first-order valence-corrected chi connectivity index (χ1v) is 10.1. The van der Waals surface area contributed by atoms with Crippen LogP contribution in [0, 0.1) is 6.92 Å². The van der Waals surface area contributed by atoms with Crippen LogP contribution in [0.3, 0.4) is 0 Å². The number of aliphatic hydroxyl groups is 1. The fourth-order valence-electron chi connectivity index (χ4n) is 4.41. The summed E-state index contributed by atoms with van der Waals surface area (Å²) in [4.78, 5) is 21.6. The van der Waals surface area contributed by atoms with Gasteiger partial charge in [0.05, 0.1) is 17.3 Å². The Morgan fingerprint density at radius 3 is 2.73 bits per heavy atom. The molecule has 1 aromatic heterocycles. The lowest BCUT2D eigenvalue weighted by Crippen LogP contribution is -2.50. The normalized spacial score (nSPS) is 19.8. The molecule has 0 atom stereocenters. The number of benzene rings is 1. The zero-order valence-electron chi connectivity index (χ0n) is 15.1. The number of aromatic nitrogens is 1. The lowest BCUT2D eigenvalue weighted by atomic mass is 9.67. The molecule has 0 unspecified atom stereocenters. The number of likely N-dealkylation sites (tertiary alicyclic amines) is 1. The number of fused-ring (bicyclic) bond motifs is 2. The number of carbonyl (C=O) groups is 1. The fourth-order valence-corrected chi connectivity index (χ4v) is 5.02. The van der Waals surface area contributed by atoms with E-state index in [2.05, 4.69) is 27.4 Å². The van der Waals surface area contributed by atoms with Crippen LogP contribution in [-0.4, -0.2) is 47.1 Å². The van der Waals surface area contributed by atoms with Crippen LogP contribution in [0.4, 0.5) is 5.69 Å². The van der Waals surface area contributed by atoms with Crippen LogP contribution in [-0.2, 0) is 16.8 Å². The van der Waals surface area contributed by atoms with Crippen LogP contribution in [0.1, 0.15) is 35.5 Å². The van der Waals surface area contributed by atoms with Crippen molar-refractivity contribution in [3.8, 4) is 0 Å². The maximum absolute atomic E-state index is 12.8. The van der Waals surface area contributed by atoms with E-state index in [-0.39, 0.29) is 17.9 Å². The maximum atomic E-state index is 12.8. The highest BCUT2D eigenvalue weighted by Gasteiger charge is 2.44. The number of nitrogens with zero attached hydrogens (tertiary/aromatic N) is 3. The Morgan fingerprint density at radius 1 is 1.27 bits per heavy atom. The van der Waals surface area contributed by atoms with E-state index in [4.69, 9.17) is 0 Å². The summed E-state index contributed by atoms with van der Waals surface area (Å²) in [6.45, 7) is 5.28. The first-order valence-electron chi connectivity index (χ1n) is 9.25. The molecule has 138 valence electrons. The van der Waals surface area contributed by atoms with E-state index >= 15 is 0 Å². The molecule has 0 aliphatic carbocycles. The number of para-hydroxylation sites is 1. The van der Waals surface area contributed by atoms with Crippen molar-refractivity contribution in [1.82, 2.24) is 9.88 Å². The zero-order chi connectivity index (χ0) is 18.1. The van der Waals surface area contributed by atoms with Gasteiger partial charge in [0.1, 0.15) is 0 Å². The Balaban J connectivity index is 1.54. The Bertz CT molecular complexity index is 796. The van der Waals surface area contributed by atoms with Gasteiger partial charge in [0, 0.05) is 36.0 Å². The van der Waals surface area contributed by atoms with E-state index in [9.17, 15) is 9.90 Å². The summed E-state index contributed by atoms with van der Waals surface area (Å²) in [6, 6.07) is 8.24. The minimum absolute atomic E-state index is 0.00604. The number of carbonyl (C=O) groups excluding carboxylic acids is 1. The van der Waals surface area contributed by atoms with Crippen molar-refractivity contribution in [3.63, 3.8) is 0 Å². The highest BCUT2D eigenvalue weighted by atomic mass is 32.1. The molecule has 26 heavy (non-hydrogen) atoms. The number of piperidine rings is 1. The third kappa shape index (κ3) is 3.17. The molecule has 2 aliphatic heterocycles. The predicted molar refractivity (Wildman–Crippen MR) is 104 cm³/mol. The quantitative estimate of drug-likeness (QED) is 0.898. The monoisotopic (exact) mass is 371 g/mol. The maximum Gasteiger partial charge on any atom is 0.227 e. The molecule has 4 rings (SSSR count). The molecule has 1 saturated heterocycles. The Morgan fingerprint density at radius 2 is 2.04 bits per heavy atom. The van der Waals surface area contributed by atoms with Crippen molar-refractivity contribution >= 4 is 22.9 Å². The molecule has 5 nitrogen and oxygen atoms in total. The number of thiazole rings is 1. The van der Waals surface area contributed by atoms with Crippen LogP contribution < -0.4 is 4.90 Å². The smallest absolute Gasteiger partial charge is 0.227 e. The van der Waals surface area contributed by atoms with Gasteiger partial charge in [-0.15, -0.1) is 11.3 Å². The first kappa shape index (κ1) is 17.6. The second kappa shape index (κ2) is 7.10. The highest BCUT2D eigenvalue weighted by Crippen LogP contribution is 2.46. The number of rotatable bonds is 4. The van der Waals surface area contributed by atoms with Crippen LogP contribution in [0.15, 0.2) is 29.6 Å². The number of hydrogen-bond donors (Lipinski definition) is 1. The van der Waals surface area contributed by atoms with Crippen molar-refractivity contribution in [3.05, 3.63) is 45.9 Å². The van der Waals surface area contributed by atoms with E-state index in [0.717, 1.165) is 48.9 Å². The van der Waals surface area contributed by atoms with Crippen molar-refractivity contribution in [2.75, 3.05) is 31.1 Å². The van der Waals surface area contributed by atoms with Crippen molar-refractivity contribution in [2.45, 2.75) is 38.1 Å². The van der Waals surface area contributed by atoms with Gasteiger partial charge in [0.25, 0.3) is 0 Å². The van der Waals surface area contributed by atoms with Gasteiger partial charge < -0.3 is 10.0 Å². The third-order valence-electron chi connectivity index (χ3n) is 5.75. The number of aryl methyl sites for hydroxylation is 1. The largest absolute Gasteiger partial charge is 0.395 e. The SMILES string of the molecule is Cc1nc(CN2CCC3(CC2)CC(=O)N(CCO)c2ccccc23)cs1. The number of anilines is 1. The molecule has 6 heteroatoms. The van der Waals surface area contributed by atoms with Gasteiger partial charge in [0.15, 0.2) is 0 Å². The molecule has 1 aromatic carbocycles. The Kier molecular flexibility index (Phi) is 4.82. The predicted octanol–water partition coefficient (Wildman–Crippen LogP) is 2.71. The average molecular weight is 372 g/mol. The number of β-amino-alcohol motifs (C(OH)–C–C–N with tert-alkyl or cyclic N) is 1. The minimum atomic E-state index is -0.0614. The van der Waals surface area contributed by atoms with Crippen molar-refractivity contribution in [1.29, 1.82) is 0 Å². The Labute approximate surface area is 158 Å². The molecule has 2 aliphatic rings. The van der Waals surface area contributed by atoms with E-state index in [0.29, 0.717) is 13.0 Å². The highest BCUT2D eigenvalue weighted by molar-refractivity contribution is 7.09. The van der Waals surface area contributed by atoms with Gasteiger partial charge in [-0.25, -0.2) is 4.98 Å².